The second-order valence-corrected chi connectivity index (χ2v) is 4.31. The van der Waals surface area contributed by atoms with Crippen LogP contribution in [0.4, 0.5) is 4.79 Å². The van der Waals surface area contributed by atoms with Crippen molar-refractivity contribution in [1.29, 1.82) is 0 Å². The SMILES string of the molecule is CC(C)=CCNC(=O)N[C@@H](Cc1cnc[nH]1)C(=O)O. The molecule has 1 atom stereocenters. The number of aromatic nitrogens is 2. The van der Waals surface area contributed by atoms with E-state index in [1.165, 1.54) is 12.5 Å². The lowest BCUT2D eigenvalue weighted by molar-refractivity contribution is -0.139. The van der Waals surface area contributed by atoms with Gasteiger partial charge in [-0.15, -0.1) is 0 Å². The van der Waals surface area contributed by atoms with Crippen molar-refractivity contribution in [2.75, 3.05) is 6.54 Å². The number of nitrogens with zero attached hydrogens (tertiary/aromatic N) is 1. The van der Waals surface area contributed by atoms with E-state index in [2.05, 4.69) is 20.6 Å². The van der Waals surface area contributed by atoms with Crippen LogP contribution in [0.3, 0.4) is 0 Å². The Morgan fingerprint density at radius 2 is 2.26 bits per heavy atom. The molecule has 0 saturated carbocycles. The maximum Gasteiger partial charge on any atom is 0.326 e. The highest BCUT2D eigenvalue weighted by Crippen LogP contribution is 1.98. The number of carbonyl (C=O) groups is 2. The summed E-state index contributed by atoms with van der Waals surface area (Å²) in [5.41, 5.74) is 1.73. The van der Waals surface area contributed by atoms with E-state index in [0.717, 1.165) is 5.57 Å². The highest BCUT2D eigenvalue weighted by molar-refractivity contribution is 5.82. The molecule has 2 amide bonds. The van der Waals surface area contributed by atoms with Gasteiger partial charge in [0.15, 0.2) is 0 Å². The molecule has 1 heterocycles. The predicted molar refractivity (Wildman–Crippen MR) is 69.7 cm³/mol. The van der Waals surface area contributed by atoms with Gasteiger partial charge in [0, 0.05) is 24.9 Å². The Hall–Kier alpha value is -2.31. The smallest absolute Gasteiger partial charge is 0.326 e. The molecule has 0 saturated heterocycles. The van der Waals surface area contributed by atoms with Gasteiger partial charge in [0.05, 0.1) is 6.33 Å². The molecular formula is C12H18N4O3. The molecule has 1 rings (SSSR count). The summed E-state index contributed by atoms with van der Waals surface area (Å²) in [6.45, 7) is 4.19. The minimum absolute atomic E-state index is 0.158. The number of rotatable bonds is 6. The average molecular weight is 266 g/mol. The summed E-state index contributed by atoms with van der Waals surface area (Å²) in [6, 6.07) is -1.50. The molecule has 104 valence electrons. The van der Waals surface area contributed by atoms with Gasteiger partial charge in [-0.1, -0.05) is 11.6 Å². The van der Waals surface area contributed by atoms with Gasteiger partial charge in [-0.2, -0.15) is 0 Å². The van der Waals surface area contributed by atoms with Gasteiger partial charge in [-0.25, -0.2) is 14.6 Å². The van der Waals surface area contributed by atoms with Gasteiger partial charge in [-0.05, 0) is 13.8 Å². The van der Waals surface area contributed by atoms with Crippen LogP contribution in [-0.4, -0.2) is 39.7 Å². The number of carboxylic acids is 1. The first-order valence-electron chi connectivity index (χ1n) is 5.87. The van der Waals surface area contributed by atoms with Crippen LogP contribution in [0.15, 0.2) is 24.2 Å². The third-order valence-corrected chi connectivity index (χ3v) is 2.36. The van der Waals surface area contributed by atoms with Crippen molar-refractivity contribution in [3.05, 3.63) is 29.9 Å². The molecule has 0 spiro atoms. The number of nitrogens with one attached hydrogen (secondary N) is 3. The molecule has 0 unspecified atom stereocenters. The molecule has 0 fully saturated rings. The Morgan fingerprint density at radius 3 is 2.79 bits per heavy atom. The lowest BCUT2D eigenvalue weighted by Gasteiger charge is -2.13. The summed E-state index contributed by atoms with van der Waals surface area (Å²) < 4.78 is 0. The first kappa shape index (κ1) is 14.7. The number of aliphatic carboxylic acids is 1. The molecule has 1 aromatic heterocycles. The summed E-state index contributed by atoms with van der Waals surface area (Å²) in [5, 5.41) is 14.0. The monoisotopic (exact) mass is 266 g/mol. The van der Waals surface area contributed by atoms with Crippen LogP contribution in [-0.2, 0) is 11.2 Å². The van der Waals surface area contributed by atoms with Gasteiger partial charge in [0.1, 0.15) is 6.04 Å². The van der Waals surface area contributed by atoms with Gasteiger partial charge in [-0.3, -0.25) is 0 Å². The van der Waals surface area contributed by atoms with Crippen molar-refractivity contribution in [1.82, 2.24) is 20.6 Å². The number of carboxylic acid groups (broad SMARTS) is 1. The number of carbonyl (C=O) groups excluding carboxylic acids is 1. The normalized spacial score (nSPS) is 11.5. The summed E-state index contributed by atoms with van der Waals surface area (Å²) in [7, 11) is 0. The molecule has 0 radical (unpaired) electrons. The fourth-order valence-corrected chi connectivity index (χ4v) is 1.37. The van der Waals surface area contributed by atoms with Gasteiger partial charge in [0.2, 0.25) is 0 Å². The zero-order chi connectivity index (χ0) is 14.3. The van der Waals surface area contributed by atoms with Gasteiger partial charge >= 0.3 is 12.0 Å². The largest absolute Gasteiger partial charge is 0.480 e. The number of urea groups is 1. The summed E-state index contributed by atoms with van der Waals surface area (Å²) >= 11 is 0. The minimum Gasteiger partial charge on any atom is -0.480 e. The number of imidazole rings is 1. The van der Waals surface area contributed by atoms with Crippen LogP contribution < -0.4 is 10.6 Å². The molecule has 0 aliphatic carbocycles. The minimum atomic E-state index is -1.09. The number of allylic oxidation sites excluding steroid dienone is 1. The number of aromatic amines is 1. The second-order valence-electron chi connectivity index (χ2n) is 4.31. The number of amides is 2. The molecule has 7 heteroatoms. The van der Waals surface area contributed by atoms with Crippen LogP contribution in [0.1, 0.15) is 19.5 Å². The number of hydrogen-bond donors (Lipinski definition) is 4. The highest BCUT2D eigenvalue weighted by Gasteiger charge is 2.20. The van der Waals surface area contributed by atoms with Crippen molar-refractivity contribution >= 4 is 12.0 Å². The molecule has 0 bridgehead atoms. The Kier molecular flexibility index (Phi) is 5.59. The second kappa shape index (κ2) is 7.20. The lowest BCUT2D eigenvalue weighted by Crippen LogP contribution is -2.47. The van der Waals surface area contributed by atoms with Crippen LogP contribution in [0, 0.1) is 0 Å². The zero-order valence-electron chi connectivity index (χ0n) is 10.9. The Balaban J connectivity index is 2.47. The van der Waals surface area contributed by atoms with E-state index in [-0.39, 0.29) is 6.42 Å². The quantitative estimate of drug-likeness (QED) is 0.568. The Bertz CT molecular complexity index is 450. The topological polar surface area (TPSA) is 107 Å². The van der Waals surface area contributed by atoms with Crippen molar-refractivity contribution in [2.45, 2.75) is 26.3 Å². The van der Waals surface area contributed by atoms with Crippen LogP contribution >= 0.6 is 0 Å². The van der Waals surface area contributed by atoms with E-state index >= 15 is 0 Å². The van der Waals surface area contributed by atoms with Gasteiger partial charge < -0.3 is 20.7 Å². The van der Waals surface area contributed by atoms with E-state index in [4.69, 9.17) is 5.11 Å². The molecule has 0 aliphatic rings. The first-order valence-corrected chi connectivity index (χ1v) is 5.87. The molecule has 7 nitrogen and oxygen atoms in total. The molecule has 0 aliphatic heterocycles. The van der Waals surface area contributed by atoms with E-state index in [0.29, 0.717) is 12.2 Å². The maximum absolute atomic E-state index is 11.5. The standard InChI is InChI=1S/C12H18N4O3/c1-8(2)3-4-14-12(19)16-10(11(17)18)5-9-6-13-7-15-9/h3,6-7,10H,4-5H2,1-2H3,(H,13,15)(H,17,18)(H2,14,16,19)/t10-/m0/s1. The van der Waals surface area contributed by atoms with E-state index in [1.807, 2.05) is 19.9 Å². The third kappa shape index (κ3) is 5.71. The lowest BCUT2D eigenvalue weighted by atomic mass is 10.2. The predicted octanol–water partition coefficient (Wildman–Crippen LogP) is 0.671. The molecular weight excluding hydrogens is 248 g/mol. The van der Waals surface area contributed by atoms with Crippen molar-refractivity contribution in [2.24, 2.45) is 0 Å². The summed E-state index contributed by atoms with van der Waals surface area (Å²) in [6.07, 6.45) is 4.98. The highest BCUT2D eigenvalue weighted by atomic mass is 16.4. The van der Waals surface area contributed by atoms with Crippen molar-refractivity contribution < 1.29 is 14.7 Å². The molecule has 0 aromatic carbocycles. The Labute approximate surface area is 111 Å². The van der Waals surface area contributed by atoms with E-state index in [9.17, 15) is 9.59 Å². The molecule has 4 N–H and O–H groups in total. The van der Waals surface area contributed by atoms with E-state index < -0.39 is 18.0 Å². The molecule has 19 heavy (non-hydrogen) atoms. The first-order chi connectivity index (χ1) is 8.99. The number of H-pyrrole nitrogens is 1. The van der Waals surface area contributed by atoms with Crippen LogP contribution in [0.5, 0.6) is 0 Å². The number of hydrogen-bond acceptors (Lipinski definition) is 3. The zero-order valence-corrected chi connectivity index (χ0v) is 10.9. The Morgan fingerprint density at radius 1 is 1.53 bits per heavy atom. The average Bonchev–Trinajstić information content (AvgIpc) is 2.80. The van der Waals surface area contributed by atoms with Gasteiger partial charge in [0.25, 0.3) is 0 Å². The summed E-state index contributed by atoms with van der Waals surface area (Å²) in [4.78, 5) is 29.2. The van der Waals surface area contributed by atoms with Crippen molar-refractivity contribution in [3.8, 4) is 0 Å². The van der Waals surface area contributed by atoms with Crippen LogP contribution in [0.25, 0.3) is 0 Å². The fourth-order valence-electron chi connectivity index (χ4n) is 1.37. The summed E-state index contributed by atoms with van der Waals surface area (Å²) in [5.74, 6) is -1.09. The van der Waals surface area contributed by atoms with Crippen LogP contribution in [0.2, 0.25) is 0 Å². The maximum atomic E-state index is 11.5. The van der Waals surface area contributed by atoms with Crippen molar-refractivity contribution in [3.63, 3.8) is 0 Å². The van der Waals surface area contributed by atoms with E-state index in [1.54, 1.807) is 0 Å². The third-order valence-electron chi connectivity index (χ3n) is 2.36. The molecule has 1 aromatic rings. The fraction of sp³-hybridized carbons (Fsp3) is 0.417.